The van der Waals surface area contributed by atoms with Crippen molar-refractivity contribution in [1.29, 1.82) is 0 Å². The van der Waals surface area contributed by atoms with E-state index in [0.717, 1.165) is 16.2 Å². The number of carbonyl (C=O) groups excluding carboxylic acids is 1. The maximum atomic E-state index is 12.0. The third-order valence-corrected chi connectivity index (χ3v) is 2.56. The summed E-state index contributed by atoms with van der Waals surface area (Å²) >= 11 is 1.05. The summed E-state index contributed by atoms with van der Waals surface area (Å²) in [6.45, 7) is 1.94. The summed E-state index contributed by atoms with van der Waals surface area (Å²) in [6.07, 6.45) is -2.55. The van der Waals surface area contributed by atoms with Gasteiger partial charge in [0.25, 0.3) is 12.3 Å². The molecule has 16 heavy (non-hydrogen) atoms. The van der Waals surface area contributed by atoms with Crippen LogP contribution < -0.4 is 5.32 Å². The Balaban J connectivity index is 2.64. The van der Waals surface area contributed by atoms with Crippen LogP contribution in [0.25, 0.3) is 0 Å². The fourth-order valence-corrected chi connectivity index (χ4v) is 1.79. The van der Waals surface area contributed by atoms with Crippen LogP contribution in [0.15, 0.2) is 0 Å². The Labute approximate surface area is 95.5 Å². The van der Waals surface area contributed by atoms with Crippen LogP contribution >= 0.6 is 11.3 Å². The van der Waals surface area contributed by atoms with Gasteiger partial charge in [-0.25, -0.2) is 8.78 Å². The Morgan fingerprint density at radius 1 is 1.56 bits per heavy atom. The molecule has 0 aliphatic rings. The van der Waals surface area contributed by atoms with Crippen LogP contribution in [0, 0.1) is 0 Å². The van der Waals surface area contributed by atoms with E-state index in [2.05, 4.69) is 15.5 Å². The molecule has 1 aromatic heterocycles. The zero-order valence-corrected chi connectivity index (χ0v) is 9.72. The number of rotatable bonds is 5. The molecule has 90 valence electrons. The molecule has 0 radical (unpaired) electrons. The first-order chi connectivity index (χ1) is 7.54. The van der Waals surface area contributed by atoms with Gasteiger partial charge in [-0.3, -0.25) is 4.79 Å². The molecule has 0 saturated heterocycles. The average Bonchev–Trinajstić information content (AvgIpc) is 2.64. The van der Waals surface area contributed by atoms with E-state index in [9.17, 15) is 13.6 Å². The van der Waals surface area contributed by atoms with E-state index >= 15 is 0 Å². The number of hydrogen-bond donors (Lipinski definition) is 1. The maximum Gasteiger partial charge on any atom is 0.284 e. The second-order valence-electron chi connectivity index (χ2n) is 3.02. The molecule has 0 atom stereocenters. The van der Waals surface area contributed by atoms with E-state index < -0.39 is 18.9 Å². The minimum atomic E-state index is -2.55. The molecular weight excluding hydrogens is 238 g/mol. The smallest absolute Gasteiger partial charge is 0.284 e. The third-order valence-electron chi connectivity index (χ3n) is 1.69. The number of nitrogens with one attached hydrogen (secondary N) is 1. The Bertz CT molecular complexity index is 358. The molecule has 1 N–H and O–H groups in total. The highest BCUT2D eigenvalue weighted by molar-refractivity contribution is 7.17. The molecule has 0 spiro atoms. The molecule has 0 bridgehead atoms. The van der Waals surface area contributed by atoms with E-state index in [4.69, 9.17) is 0 Å². The first kappa shape index (κ1) is 12.8. The Kier molecular flexibility index (Phi) is 4.53. The lowest BCUT2D eigenvalue weighted by molar-refractivity contribution is 0.0619. The number of nitrogens with zero attached hydrogens (tertiary/aromatic N) is 3. The van der Waals surface area contributed by atoms with Crippen molar-refractivity contribution >= 4 is 22.4 Å². The number of anilines is 1. The zero-order valence-electron chi connectivity index (χ0n) is 8.91. The molecule has 0 aliphatic heterocycles. The van der Waals surface area contributed by atoms with Crippen LogP contribution in [-0.4, -0.2) is 47.6 Å². The van der Waals surface area contributed by atoms with E-state index in [-0.39, 0.29) is 5.01 Å². The molecule has 1 amide bonds. The van der Waals surface area contributed by atoms with Gasteiger partial charge in [-0.15, -0.1) is 10.2 Å². The van der Waals surface area contributed by atoms with Crippen molar-refractivity contribution in [1.82, 2.24) is 15.1 Å². The van der Waals surface area contributed by atoms with Crippen LogP contribution in [0.2, 0.25) is 0 Å². The lowest BCUT2D eigenvalue weighted by Crippen LogP contribution is -2.31. The summed E-state index contributed by atoms with van der Waals surface area (Å²) < 4.78 is 24.1. The first-order valence-electron chi connectivity index (χ1n) is 4.65. The molecule has 0 fully saturated rings. The zero-order chi connectivity index (χ0) is 12.1. The Morgan fingerprint density at radius 2 is 2.25 bits per heavy atom. The molecule has 0 saturated carbocycles. The van der Waals surface area contributed by atoms with Crippen LogP contribution in [0.5, 0.6) is 0 Å². The van der Waals surface area contributed by atoms with Crippen LogP contribution in [-0.2, 0) is 0 Å². The number of amides is 1. The molecule has 0 aromatic carbocycles. The van der Waals surface area contributed by atoms with E-state index in [0.29, 0.717) is 11.7 Å². The van der Waals surface area contributed by atoms with Gasteiger partial charge in [0.1, 0.15) is 0 Å². The highest BCUT2D eigenvalue weighted by atomic mass is 32.1. The van der Waals surface area contributed by atoms with E-state index in [1.165, 1.54) is 7.05 Å². The van der Waals surface area contributed by atoms with Gasteiger partial charge in [0.2, 0.25) is 10.1 Å². The summed E-state index contributed by atoms with van der Waals surface area (Å²) in [5.74, 6) is -0.540. The second kappa shape index (κ2) is 5.69. The summed E-state index contributed by atoms with van der Waals surface area (Å²) in [5, 5.41) is 10.9. The van der Waals surface area contributed by atoms with Crippen molar-refractivity contribution in [3.05, 3.63) is 5.01 Å². The normalized spacial score (nSPS) is 10.6. The van der Waals surface area contributed by atoms with Gasteiger partial charge < -0.3 is 10.2 Å². The lowest BCUT2D eigenvalue weighted by Gasteiger charge is -2.13. The van der Waals surface area contributed by atoms with Gasteiger partial charge in [-0.1, -0.05) is 11.3 Å². The molecule has 0 aliphatic carbocycles. The van der Waals surface area contributed by atoms with Crippen LogP contribution in [0.1, 0.15) is 16.7 Å². The van der Waals surface area contributed by atoms with E-state index in [1.807, 2.05) is 6.92 Å². The molecule has 1 heterocycles. The number of alkyl halides is 2. The molecule has 1 rings (SSSR count). The minimum absolute atomic E-state index is 0.110. The van der Waals surface area contributed by atoms with Gasteiger partial charge >= 0.3 is 0 Å². The van der Waals surface area contributed by atoms with E-state index in [1.54, 1.807) is 0 Å². The van der Waals surface area contributed by atoms with Crippen molar-refractivity contribution in [2.45, 2.75) is 13.3 Å². The van der Waals surface area contributed by atoms with Crippen molar-refractivity contribution in [2.75, 3.05) is 25.5 Å². The van der Waals surface area contributed by atoms with Gasteiger partial charge in [0.05, 0.1) is 6.54 Å². The number of halogens is 2. The van der Waals surface area contributed by atoms with Gasteiger partial charge in [-0.05, 0) is 6.92 Å². The molecule has 5 nitrogen and oxygen atoms in total. The highest BCUT2D eigenvalue weighted by Gasteiger charge is 2.19. The van der Waals surface area contributed by atoms with Crippen LogP contribution in [0.4, 0.5) is 13.9 Å². The van der Waals surface area contributed by atoms with Crippen molar-refractivity contribution < 1.29 is 13.6 Å². The predicted octanol–water partition coefficient (Wildman–Crippen LogP) is 1.31. The third kappa shape index (κ3) is 3.37. The largest absolute Gasteiger partial charge is 0.360 e. The maximum absolute atomic E-state index is 12.0. The average molecular weight is 250 g/mol. The minimum Gasteiger partial charge on any atom is -0.360 e. The summed E-state index contributed by atoms with van der Waals surface area (Å²) in [6, 6.07) is 0. The first-order valence-corrected chi connectivity index (χ1v) is 5.47. The van der Waals surface area contributed by atoms with Crippen molar-refractivity contribution in [2.24, 2.45) is 0 Å². The molecule has 1 aromatic rings. The quantitative estimate of drug-likeness (QED) is 0.856. The fourth-order valence-electron chi connectivity index (χ4n) is 0.986. The topological polar surface area (TPSA) is 58.1 Å². The van der Waals surface area contributed by atoms with Gasteiger partial charge in [-0.2, -0.15) is 0 Å². The molecular formula is C8H12F2N4OS. The van der Waals surface area contributed by atoms with Crippen LogP contribution in [0.3, 0.4) is 0 Å². The SMILES string of the molecule is CCNc1nnc(C(=O)N(C)CC(F)F)s1. The number of hydrogen-bond acceptors (Lipinski definition) is 5. The number of carbonyl (C=O) groups is 1. The number of aromatic nitrogens is 2. The Morgan fingerprint density at radius 3 is 2.81 bits per heavy atom. The van der Waals surface area contributed by atoms with Crippen molar-refractivity contribution in [3.8, 4) is 0 Å². The summed E-state index contributed by atoms with van der Waals surface area (Å²) in [5.41, 5.74) is 0. The fraction of sp³-hybridized carbons (Fsp3) is 0.625. The van der Waals surface area contributed by atoms with Crippen molar-refractivity contribution in [3.63, 3.8) is 0 Å². The Hall–Kier alpha value is -1.31. The summed E-state index contributed by atoms with van der Waals surface area (Å²) in [7, 11) is 1.31. The predicted molar refractivity (Wildman–Crippen MR) is 57.0 cm³/mol. The molecule has 8 heteroatoms. The van der Waals surface area contributed by atoms with Gasteiger partial charge in [0.15, 0.2) is 0 Å². The summed E-state index contributed by atoms with van der Waals surface area (Å²) in [4.78, 5) is 12.5. The second-order valence-corrected chi connectivity index (χ2v) is 4.00. The highest BCUT2D eigenvalue weighted by Crippen LogP contribution is 2.16. The molecule has 0 unspecified atom stereocenters. The monoisotopic (exact) mass is 250 g/mol. The lowest BCUT2D eigenvalue weighted by atomic mass is 10.5. The standard InChI is InChI=1S/C8H12F2N4OS/c1-3-11-8-13-12-6(16-8)7(15)14(2)4-5(9)10/h5H,3-4H2,1-2H3,(H,11,13). The van der Waals surface area contributed by atoms with Gasteiger partial charge in [0, 0.05) is 13.6 Å².